The lowest BCUT2D eigenvalue weighted by Gasteiger charge is -2.18. The maximum atomic E-state index is 12.3. The van der Waals surface area contributed by atoms with E-state index in [2.05, 4.69) is 15.1 Å². The molecule has 0 aromatic carbocycles. The van der Waals surface area contributed by atoms with E-state index in [1.165, 1.54) is 4.31 Å². The Bertz CT molecular complexity index is 773. The molecule has 0 N–H and O–H groups in total. The van der Waals surface area contributed by atoms with Crippen LogP contribution in [0.2, 0.25) is 0 Å². The number of pyridine rings is 1. The van der Waals surface area contributed by atoms with Gasteiger partial charge in [0.05, 0.1) is 11.2 Å². The van der Waals surface area contributed by atoms with Crippen LogP contribution in [0, 0.1) is 5.92 Å². The van der Waals surface area contributed by atoms with Crippen LogP contribution in [0.1, 0.15) is 32.6 Å². The van der Waals surface area contributed by atoms with Crippen molar-refractivity contribution < 1.29 is 12.9 Å². The molecule has 0 spiro atoms. The van der Waals surface area contributed by atoms with Crippen LogP contribution in [0.5, 0.6) is 0 Å². The van der Waals surface area contributed by atoms with E-state index in [1.807, 2.05) is 19.1 Å². The summed E-state index contributed by atoms with van der Waals surface area (Å²) in [6.07, 6.45) is 3.33. The Morgan fingerprint density at radius 2 is 1.96 bits per heavy atom. The molecular formula is C15H20N4O3S. The van der Waals surface area contributed by atoms with Crippen molar-refractivity contribution >= 4 is 10.0 Å². The summed E-state index contributed by atoms with van der Waals surface area (Å²) in [5, 5.41) is 3.58. The summed E-state index contributed by atoms with van der Waals surface area (Å²) in [4.78, 5) is 8.41. The van der Waals surface area contributed by atoms with Gasteiger partial charge in [0.2, 0.25) is 21.7 Å². The second-order valence-corrected chi connectivity index (χ2v) is 8.68. The molecule has 1 saturated heterocycles. The topological polar surface area (TPSA) is 89.2 Å². The summed E-state index contributed by atoms with van der Waals surface area (Å²) in [5.74, 6) is 1.05. The Balaban J connectivity index is 1.82. The summed E-state index contributed by atoms with van der Waals surface area (Å²) in [5.41, 5.74) is 0.826. The molecule has 2 unspecified atom stereocenters. The molecule has 2 atom stereocenters. The predicted octanol–water partition coefficient (Wildman–Crippen LogP) is 1.91. The lowest BCUT2D eigenvalue weighted by atomic mass is 9.98. The van der Waals surface area contributed by atoms with E-state index < -0.39 is 15.3 Å². The molecule has 23 heavy (non-hydrogen) atoms. The minimum atomic E-state index is -3.26. The van der Waals surface area contributed by atoms with E-state index in [0.29, 0.717) is 24.8 Å². The van der Waals surface area contributed by atoms with Crippen LogP contribution < -0.4 is 0 Å². The first-order valence-electron chi connectivity index (χ1n) is 7.62. The summed E-state index contributed by atoms with van der Waals surface area (Å²) in [6.45, 7) is 6.28. The second kappa shape index (κ2) is 6.01. The Morgan fingerprint density at radius 1 is 1.26 bits per heavy atom. The van der Waals surface area contributed by atoms with Gasteiger partial charge in [-0.15, -0.1) is 0 Å². The largest absolute Gasteiger partial charge is 0.339 e. The van der Waals surface area contributed by atoms with Crippen molar-refractivity contribution in [3.8, 4) is 11.4 Å². The van der Waals surface area contributed by atoms with Gasteiger partial charge in [-0.2, -0.15) is 4.98 Å². The zero-order valence-electron chi connectivity index (χ0n) is 13.4. The number of rotatable bonds is 4. The van der Waals surface area contributed by atoms with Crippen LogP contribution in [-0.2, 0) is 10.0 Å². The number of hydrogen-bond acceptors (Lipinski definition) is 6. The van der Waals surface area contributed by atoms with Crippen molar-refractivity contribution in [1.29, 1.82) is 0 Å². The van der Waals surface area contributed by atoms with Crippen molar-refractivity contribution in [3.63, 3.8) is 0 Å². The average molecular weight is 336 g/mol. The maximum Gasteiger partial charge on any atom is 0.231 e. The highest BCUT2D eigenvalue weighted by Crippen LogP contribution is 2.34. The summed E-state index contributed by atoms with van der Waals surface area (Å²) < 4.78 is 31.6. The van der Waals surface area contributed by atoms with Crippen molar-refractivity contribution in [2.75, 3.05) is 13.1 Å². The van der Waals surface area contributed by atoms with Crippen LogP contribution in [0.4, 0.5) is 0 Å². The van der Waals surface area contributed by atoms with Crippen molar-refractivity contribution in [2.24, 2.45) is 5.92 Å². The molecule has 7 nitrogen and oxygen atoms in total. The third-order valence-electron chi connectivity index (χ3n) is 4.23. The zero-order valence-corrected chi connectivity index (χ0v) is 14.2. The fraction of sp³-hybridized carbons (Fsp3) is 0.533. The molecular weight excluding hydrogens is 316 g/mol. The van der Waals surface area contributed by atoms with Gasteiger partial charge >= 0.3 is 0 Å². The van der Waals surface area contributed by atoms with Crippen LogP contribution in [0.25, 0.3) is 11.4 Å². The molecule has 0 aliphatic carbocycles. The number of nitrogens with zero attached hydrogens (tertiary/aromatic N) is 4. The fourth-order valence-corrected chi connectivity index (χ4v) is 4.16. The molecule has 0 amide bonds. The number of hydrogen-bond donors (Lipinski definition) is 0. The van der Waals surface area contributed by atoms with Gasteiger partial charge in [0.25, 0.3) is 0 Å². The average Bonchev–Trinajstić information content (AvgIpc) is 3.14. The molecule has 1 aliphatic rings. The van der Waals surface area contributed by atoms with Gasteiger partial charge < -0.3 is 4.52 Å². The molecule has 124 valence electrons. The van der Waals surface area contributed by atoms with E-state index in [-0.39, 0.29) is 11.8 Å². The third-order valence-corrected chi connectivity index (χ3v) is 6.44. The van der Waals surface area contributed by atoms with Crippen molar-refractivity contribution in [1.82, 2.24) is 19.4 Å². The quantitative estimate of drug-likeness (QED) is 0.847. The normalized spacial score (nSPS) is 22.8. The second-order valence-electron chi connectivity index (χ2n) is 6.19. The van der Waals surface area contributed by atoms with Crippen LogP contribution in [0.15, 0.2) is 29.0 Å². The first-order valence-corrected chi connectivity index (χ1v) is 9.13. The highest BCUT2D eigenvalue weighted by molar-refractivity contribution is 7.89. The van der Waals surface area contributed by atoms with Crippen LogP contribution in [-0.4, -0.2) is 46.2 Å². The SMILES string of the molecule is CC1CN(S(=O)(=O)C(C)C)CC1c1nc(-c2ccncc2)no1. The molecule has 1 fully saturated rings. The molecule has 0 radical (unpaired) electrons. The van der Waals surface area contributed by atoms with Gasteiger partial charge in [0, 0.05) is 31.0 Å². The Hall–Kier alpha value is -1.80. The Morgan fingerprint density at radius 3 is 2.61 bits per heavy atom. The summed E-state index contributed by atoms with van der Waals surface area (Å²) >= 11 is 0. The number of sulfonamides is 1. The molecule has 2 aromatic heterocycles. The van der Waals surface area contributed by atoms with Gasteiger partial charge in [-0.1, -0.05) is 12.1 Å². The fourth-order valence-electron chi connectivity index (χ4n) is 2.75. The van der Waals surface area contributed by atoms with Crippen molar-refractivity contribution in [3.05, 3.63) is 30.4 Å². The van der Waals surface area contributed by atoms with E-state index in [0.717, 1.165) is 5.56 Å². The summed E-state index contributed by atoms with van der Waals surface area (Å²) in [6, 6.07) is 3.62. The van der Waals surface area contributed by atoms with Gasteiger partial charge in [0.1, 0.15) is 0 Å². The van der Waals surface area contributed by atoms with Gasteiger partial charge in [0.15, 0.2) is 0 Å². The first kappa shape index (κ1) is 16.1. The molecule has 0 bridgehead atoms. The minimum Gasteiger partial charge on any atom is -0.339 e. The van der Waals surface area contributed by atoms with Gasteiger partial charge in [-0.3, -0.25) is 4.98 Å². The van der Waals surface area contributed by atoms with E-state index in [9.17, 15) is 8.42 Å². The van der Waals surface area contributed by atoms with Crippen LogP contribution in [0.3, 0.4) is 0 Å². The first-order chi connectivity index (χ1) is 10.9. The minimum absolute atomic E-state index is 0.0772. The number of aromatic nitrogens is 3. The molecule has 1 aliphatic heterocycles. The maximum absolute atomic E-state index is 12.3. The Labute approximate surface area is 135 Å². The van der Waals surface area contributed by atoms with Gasteiger partial charge in [-0.05, 0) is 31.9 Å². The molecule has 3 heterocycles. The van der Waals surface area contributed by atoms with E-state index >= 15 is 0 Å². The zero-order chi connectivity index (χ0) is 16.6. The molecule has 2 aromatic rings. The smallest absolute Gasteiger partial charge is 0.231 e. The Kier molecular flexibility index (Phi) is 4.20. The lowest BCUT2D eigenvalue weighted by Crippen LogP contribution is -2.34. The van der Waals surface area contributed by atoms with Gasteiger partial charge in [-0.25, -0.2) is 12.7 Å². The highest BCUT2D eigenvalue weighted by atomic mass is 32.2. The monoisotopic (exact) mass is 336 g/mol. The molecule has 8 heteroatoms. The van der Waals surface area contributed by atoms with E-state index in [4.69, 9.17) is 4.52 Å². The third kappa shape index (κ3) is 3.00. The predicted molar refractivity (Wildman–Crippen MR) is 85.1 cm³/mol. The molecule has 3 rings (SSSR count). The highest BCUT2D eigenvalue weighted by Gasteiger charge is 2.40. The lowest BCUT2D eigenvalue weighted by molar-refractivity contribution is 0.338. The molecule has 0 saturated carbocycles. The van der Waals surface area contributed by atoms with Crippen LogP contribution >= 0.6 is 0 Å². The standard InChI is InChI=1S/C15H20N4O3S/c1-10(2)23(20,21)19-8-11(3)13(9-19)15-17-14(18-22-15)12-4-6-16-7-5-12/h4-7,10-11,13H,8-9H2,1-3H3. The van der Waals surface area contributed by atoms with Crippen molar-refractivity contribution in [2.45, 2.75) is 31.9 Å². The van der Waals surface area contributed by atoms with E-state index in [1.54, 1.807) is 26.2 Å². The summed E-state index contributed by atoms with van der Waals surface area (Å²) in [7, 11) is -3.26.